The summed E-state index contributed by atoms with van der Waals surface area (Å²) in [6.07, 6.45) is 3.90. The van der Waals surface area contributed by atoms with Gasteiger partial charge in [-0.25, -0.2) is 9.78 Å². The molecule has 1 heterocycles. The highest BCUT2D eigenvalue weighted by Crippen LogP contribution is 2.36. The van der Waals surface area contributed by atoms with E-state index in [1.54, 1.807) is 0 Å². The van der Waals surface area contributed by atoms with Crippen molar-refractivity contribution >= 4 is 34.0 Å². The molecule has 112 valence electrons. The van der Waals surface area contributed by atoms with Crippen LogP contribution in [0.1, 0.15) is 42.3 Å². The van der Waals surface area contributed by atoms with E-state index >= 15 is 0 Å². The Kier molecular flexibility index (Phi) is 4.88. The number of nitrogens with one attached hydrogen (secondary N) is 1. The van der Waals surface area contributed by atoms with E-state index in [0.29, 0.717) is 11.0 Å². The molecule has 1 saturated carbocycles. The Bertz CT molecular complexity index is 484. The monoisotopic (exact) mass is 318 g/mol. The highest BCUT2D eigenvalue weighted by Gasteiger charge is 2.34. The fourth-order valence-electron chi connectivity index (χ4n) is 2.44. The third-order valence-corrected chi connectivity index (χ3v) is 5.20. The molecule has 0 aliphatic heterocycles. The molecule has 1 aromatic rings. The van der Waals surface area contributed by atoms with Gasteiger partial charge in [0.1, 0.15) is 0 Å². The number of aromatic nitrogens is 1. The Labute approximate surface area is 127 Å². The van der Waals surface area contributed by atoms with Crippen LogP contribution in [0.5, 0.6) is 0 Å². The summed E-state index contributed by atoms with van der Waals surface area (Å²) in [5.41, 5.74) is -0.360. The van der Waals surface area contributed by atoms with Crippen molar-refractivity contribution in [1.29, 1.82) is 0 Å². The molecular formula is C13H19ClN2O3S. The smallest absolute Gasteiger partial charge is 0.351 e. The lowest BCUT2D eigenvalue weighted by Gasteiger charge is -2.38. The molecule has 0 bridgehead atoms. The van der Waals surface area contributed by atoms with E-state index in [-0.39, 0.29) is 22.2 Å². The molecule has 0 atom stereocenters. The van der Waals surface area contributed by atoms with Gasteiger partial charge in [0, 0.05) is 0 Å². The number of esters is 1. The first-order chi connectivity index (χ1) is 9.49. The number of hydrogen-bond acceptors (Lipinski definition) is 6. The molecule has 7 heteroatoms. The second-order valence-corrected chi connectivity index (χ2v) is 6.73. The number of ether oxygens (including phenoxy) is 1. The molecule has 1 aliphatic rings. The van der Waals surface area contributed by atoms with Crippen LogP contribution in [-0.4, -0.2) is 35.3 Å². The van der Waals surface area contributed by atoms with Gasteiger partial charge in [-0.15, -0.1) is 0 Å². The van der Waals surface area contributed by atoms with Crippen LogP contribution in [0.3, 0.4) is 0 Å². The van der Waals surface area contributed by atoms with Crippen LogP contribution in [0.25, 0.3) is 0 Å². The zero-order valence-electron chi connectivity index (χ0n) is 11.6. The fraction of sp³-hybridized carbons (Fsp3) is 0.692. The first-order valence-electron chi connectivity index (χ1n) is 6.63. The lowest BCUT2D eigenvalue weighted by Crippen LogP contribution is -2.45. The van der Waals surface area contributed by atoms with E-state index in [2.05, 4.69) is 22.0 Å². The summed E-state index contributed by atoms with van der Waals surface area (Å²) in [7, 11) is 1.31. The maximum Gasteiger partial charge on any atom is 0.351 e. The largest absolute Gasteiger partial charge is 0.465 e. The molecule has 5 nitrogen and oxygen atoms in total. The van der Waals surface area contributed by atoms with Crippen molar-refractivity contribution in [3.05, 3.63) is 10.0 Å². The first kappa shape index (κ1) is 15.5. The SMILES string of the molecule is COC(=O)c1sc(NC2(CO)CCC(C)CC2)nc1Cl. The highest BCUT2D eigenvalue weighted by molar-refractivity contribution is 7.18. The molecule has 1 aromatic heterocycles. The van der Waals surface area contributed by atoms with Gasteiger partial charge in [0.25, 0.3) is 0 Å². The predicted molar refractivity (Wildman–Crippen MR) is 79.5 cm³/mol. The molecule has 1 fully saturated rings. The first-order valence-corrected chi connectivity index (χ1v) is 7.83. The average Bonchev–Trinajstić information content (AvgIpc) is 2.81. The van der Waals surface area contributed by atoms with Gasteiger partial charge >= 0.3 is 5.97 Å². The molecule has 2 N–H and O–H groups in total. The van der Waals surface area contributed by atoms with Crippen molar-refractivity contribution in [2.24, 2.45) is 5.92 Å². The molecule has 0 saturated heterocycles. The third-order valence-electron chi connectivity index (χ3n) is 3.86. The van der Waals surface area contributed by atoms with Gasteiger partial charge < -0.3 is 15.2 Å². The van der Waals surface area contributed by atoms with Crippen LogP contribution in [0.2, 0.25) is 5.15 Å². The van der Waals surface area contributed by atoms with Gasteiger partial charge in [0.05, 0.1) is 19.3 Å². The molecule has 1 aliphatic carbocycles. The van der Waals surface area contributed by atoms with Crippen molar-refractivity contribution < 1.29 is 14.6 Å². The maximum atomic E-state index is 11.5. The normalized spacial score (nSPS) is 26.3. The maximum absolute atomic E-state index is 11.5. The summed E-state index contributed by atoms with van der Waals surface area (Å²) in [5, 5.41) is 13.7. The molecular weight excluding hydrogens is 300 g/mol. The van der Waals surface area contributed by atoms with E-state index in [1.807, 2.05) is 0 Å². The van der Waals surface area contributed by atoms with Gasteiger partial charge in [0.2, 0.25) is 0 Å². The van der Waals surface area contributed by atoms with Gasteiger partial charge in [-0.2, -0.15) is 0 Å². The minimum atomic E-state index is -0.490. The number of anilines is 1. The molecule has 0 spiro atoms. The fourth-order valence-corrected chi connectivity index (χ4v) is 3.66. The van der Waals surface area contributed by atoms with Crippen LogP contribution in [0.15, 0.2) is 0 Å². The number of thiazole rings is 1. The number of nitrogens with zero attached hydrogens (tertiary/aromatic N) is 1. The van der Waals surface area contributed by atoms with E-state index in [9.17, 15) is 9.90 Å². The van der Waals surface area contributed by atoms with Crippen molar-refractivity contribution in [3.8, 4) is 0 Å². The second-order valence-electron chi connectivity index (χ2n) is 5.38. The summed E-state index contributed by atoms with van der Waals surface area (Å²) >= 11 is 7.10. The van der Waals surface area contributed by atoms with Gasteiger partial charge in [-0.05, 0) is 31.6 Å². The minimum Gasteiger partial charge on any atom is -0.465 e. The topological polar surface area (TPSA) is 71.5 Å². The summed E-state index contributed by atoms with van der Waals surface area (Å²) in [4.78, 5) is 16.0. The van der Waals surface area contributed by atoms with Gasteiger partial charge in [-0.3, -0.25) is 0 Å². The van der Waals surface area contributed by atoms with Crippen molar-refractivity contribution in [3.63, 3.8) is 0 Å². The van der Waals surface area contributed by atoms with Gasteiger partial charge in [-0.1, -0.05) is 29.9 Å². The summed E-state index contributed by atoms with van der Waals surface area (Å²) in [6.45, 7) is 2.27. The molecule has 0 amide bonds. The summed E-state index contributed by atoms with van der Waals surface area (Å²) in [5.74, 6) is 0.192. The van der Waals surface area contributed by atoms with E-state index in [4.69, 9.17) is 11.6 Å². The Morgan fingerprint density at radius 2 is 2.25 bits per heavy atom. The van der Waals surface area contributed by atoms with Crippen molar-refractivity contribution in [1.82, 2.24) is 4.98 Å². The predicted octanol–water partition coefficient (Wildman–Crippen LogP) is 2.94. The highest BCUT2D eigenvalue weighted by atomic mass is 35.5. The number of carbonyl (C=O) groups is 1. The van der Waals surface area contributed by atoms with Crippen LogP contribution in [0, 0.1) is 5.92 Å². The standard InChI is InChI=1S/C13H19ClN2O3S/c1-8-3-5-13(7-17,6-4-8)16-12-15-10(14)9(20-12)11(18)19-2/h8,17H,3-7H2,1-2H3,(H,15,16). The van der Waals surface area contributed by atoms with Crippen LogP contribution < -0.4 is 5.32 Å². The van der Waals surface area contributed by atoms with Crippen molar-refractivity contribution in [2.45, 2.75) is 38.1 Å². The number of methoxy groups -OCH3 is 1. The number of rotatable bonds is 4. The average molecular weight is 319 g/mol. The van der Waals surface area contributed by atoms with Gasteiger partial charge in [0.15, 0.2) is 15.2 Å². The van der Waals surface area contributed by atoms with E-state index in [1.165, 1.54) is 7.11 Å². The Morgan fingerprint density at radius 1 is 1.60 bits per heavy atom. The van der Waals surface area contributed by atoms with Crippen LogP contribution >= 0.6 is 22.9 Å². The third kappa shape index (κ3) is 3.24. The molecule has 2 rings (SSSR count). The van der Waals surface area contributed by atoms with Crippen LogP contribution in [-0.2, 0) is 4.74 Å². The zero-order valence-corrected chi connectivity index (χ0v) is 13.2. The number of aliphatic hydroxyl groups is 1. The molecule has 0 aromatic carbocycles. The van der Waals surface area contributed by atoms with Crippen molar-refractivity contribution in [2.75, 3.05) is 19.0 Å². The Morgan fingerprint density at radius 3 is 2.80 bits per heavy atom. The summed E-state index contributed by atoms with van der Waals surface area (Å²) < 4.78 is 4.66. The lowest BCUT2D eigenvalue weighted by molar-refractivity contribution is 0.0606. The number of aliphatic hydroxyl groups excluding tert-OH is 1. The number of halogens is 1. The number of carbonyl (C=O) groups excluding carboxylic acids is 1. The lowest BCUT2D eigenvalue weighted by atomic mass is 9.78. The Hall–Kier alpha value is -0.850. The summed E-state index contributed by atoms with van der Waals surface area (Å²) in [6, 6.07) is 0. The molecule has 0 radical (unpaired) electrons. The second kappa shape index (κ2) is 6.28. The zero-order chi connectivity index (χ0) is 14.8. The Balaban J connectivity index is 2.14. The number of hydrogen-bond donors (Lipinski definition) is 2. The van der Waals surface area contributed by atoms with E-state index < -0.39 is 5.97 Å². The van der Waals surface area contributed by atoms with Crippen LogP contribution in [0.4, 0.5) is 5.13 Å². The quantitative estimate of drug-likeness (QED) is 0.835. The minimum absolute atomic E-state index is 0.0461. The molecule has 20 heavy (non-hydrogen) atoms. The molecule has 0 unspecified atom stereocenters. The van der Waals surface area contributed by atoms with E-state index in [0.717, 1.165) is 37.0 Å².